The van der Waals surface area contributed by atoms with Crippen molar-refractivity contribution in [3.05, 3.63) is 35.9 Å². The van der Waals surface area contributed by atoms with Gasteiger partial charge in [0.15, 0.2) is 0 Å². The molecular formula is C22H28O4. The second-order valence-electron chi connectivity index (χ2n) is 6.42. The van der Waals surface area contributed by atoms with Gasteiger partial charge in [0.1, 0.15) is 11.5 Å². The van der Waals surface area contributed by atoms with Crippen LogP contribution in [0, 0.1) is 0 Å². The molecular weight excluding hydrogens is 328 g/mol. The second-order valence-corrected chi connectivity index (χ2v) is 6.42. The van der Waals surface area contributed by atoms with Crippen molar-refractivity contribution < 1.29 is 19.1 Å². The molecule has 0 amide bonds. The van der Waals surface area contributed by atoms with Crippen molar-refractivity contribution in [1.29, 1.82) is 0 Å². The van der Waals surface area contributed by atoms with Gasteiger partial charge in [-0.3, -0.25) is 9.59 Å². The predicted molar refractivity (Wildman–Crippen MR) is 104 cm³/mol. The van der Waals surface area contributed by atoms with Gasteiger partial charge in [0.25, 0.3) is 0 Å². The van der Waals surface area contributed by atoms with Crippen LogP contribution < -0.4 is 9.47 Å². The highest BCUT2D eigenvalue weighted by Gasteiger charge is 2.17. The molecule has 0 N–H and O–H groups in total. The van der Waals surface area contributed by atoms with Gasteiger partial charge in [0.2, 0.25) is 0 Å². The van der Waals surface area contributed by atoms with E-state index in [1.165, 1.54) is 0 Å². The number of unbranched alkanes of at least 4 members (excludes halogenated alkanes) is 2. The lowest BCUT2D eigenvalue weighted by Gasteiger charge is -2.16. The van der Waals surface area contributed by atoms with Crippen LogP contribution in [0.5, 0.6) is 11.5 Å². The van der Waals surface area contributed by atoms with Crippen LogP contribution in [-0.4, -0.2) is 11.9 Å². The van der Waals surface area contributed by atoms with Crippen molar-refractivity contribution in [1.82, 2.24) is 0 Å². The highest BCUT2D eigenvalue weighted by atomic mass is 16.5. The monoisotopic (exact) mass is 356 g/mol. The summed E-state index contributed by atoms with van der Waals surface area (Å²) in [6.45, 7) is 6.08. The molecule has 0 atom stereocenters. The van der Waals surface area contributed by atoms with E-state index in [-0.39, 0.29) is 11.9 Å². The molecule has 0 aliphatic heterocycles. The number of rotatable bonds is 9. The molecule has 26 heavy (non-hydrogen) atoms. The van der Waals surface area contributed by atoms with Crippen molar-refractivity contribution in [2.24, 2.45) is 0 Å². The summed E-state index contributed by atoms with van der Waals surface area (Å²) in [4.78, 5) is 24.2. The number of aryl methyl sites for hydroxylation is 1. The molecule has 0 aliphatic carbocycles. The molecule has 0 fully saturated rings. The third-order valence-electron chi connectivity index (χ3n) is 4.32. The van der Waals surface area contributed by atoms with Crippen LogP contribution in [0.1, 0.15) is 64.9 Å². The Bertz CT molecular complexity index is 764. The van der Waals surface area contributed by atoms with Crippen molar-refractivity contribution >= 4 is 22.7 Å². The fraction of sp³-hybridized carbons (Fsp3) is 0.455. The summed E-state index contributed by atoms with van der Waals surface area (Å²) in [5.74, 6) is 0.663. The van der Waals surface area contributed by atoms with Gasteiger partial charge < -0.3 is 9.47 Å². The molecule has 4 nitrogen and oxygen atoms in total. The topological polar surface area (TPSA) is 52.6 Å². The van der Waals surface area contributed by atoms with Crippen LogP contribution in [0.4, 0.5) is 0 Å². The van der Waals surface area contributed by atoms with Gasteiger partial charge in [-0.25, -0.2) is 0 Å². The standard InChI is InChI=1S/C22H28O4/c1-4-7-13-20(23)25-19-15-16(6-3)22(26-21(24)14-8-5-2)18-12-10-9-11-17(18)19/h9-12,15H,4-8,13-14H2,1-3H3. The van der Waals surface area contributed by atoms with Gasteiger partial charge in [-0.05, 0) is 30.9 Å². The first kappa shape index (κ1) is 20.0. The third-order valence-corrected chi connectivity index (χ3v) is 4.32. The normalized spacial score (nSPS) is 10.7. The number of hydrogen-bond acceptors (Lipinski definition) is 4. The van der Waals surface area contributed by atoms with E-state index in [0.29, 0.717) is 30.8 Å². The summed E-state index contributed by atoms with van der Waals surface area (Å²) in [7, 11) is 0. The van der Waals surface area contributed by atoms with E-state index in [1.807, 2.05) is 51.1 Å². The highest BCUT2D eigenvalue weighted by Crippen LogP contribution is 2.37. The number of benzene rings is 2. The summed E-state index contributed by atoms with van der Waals surface area (Å²) in [5, 5.41) is 1.59. The number of esters is 2. The van der Waals surface area contributed by atoms with Gasteiger partial charge in [-0.2, -0.15) is 0 Å². The zero-order chi connectivity index (χ0) is 18.9. The Morgan fingerprint density at radius 1 is 0.846 bits per heavy atom. The zero-order valence-corrected chi connectivity index (χ0v) is 16.0. The highest BCUT2D eigenvalue weighted by molar-refractivity contribution is 5.97. The Kier molecular flexibility index (Phi) is 7.64. The lowest BCUT2D eigenvalue weighted by molar-refractivity contribution is -0.135. The van der Waals surface area contributed by atoms with E-state index in [1.54, 1.807) is 0 Å². The van der Waals surface area contributed by atoms with Crippen molar-refractivity contribution in [3.8, 4) is 11.5 Å². The lowest BCUT2D eigenvalue weighted by Crippen LogP contribution is -2.11. The molecule has 0 aromatic heterocycles. The van der Waals surface area contributed by atoms with Crippen LogP contribution in [0.2, 0.25) is 0 Å². The Labute approximate surface area is 155 Å². The molecule has 0 aliphatic rings. The molecule has 2 rings (SSSR count). The average Bonchev–Trinajstić information content (AvgIpc) is 2.66. The van der Waals surface area contributed by atoms with Gasteiger partial charge in [-0.1, -0.05) is 57.9 Å². The third kappa shape index (κ3) is 5.07. The SMILES string of the molecule is CCCCC(=O)Oc1cc(CC)c(OC(=O)CCCC)c2ccccc12. The van der Waals surface area contributed by atoms with E-state index in [9.17, 15) is 9.59 Å². The second kappa shape index (κ2) is 9.95. The Hall–Kier alpha value is -2.36. The number of ether oxygens (including phenoxy) is 2. The molecule has 140 valence electrons. The van der Waals surface area contributed by atoms with Crippen LogP contribution in [0.3, 0.4) is 0 Å². The Morgan fingerprint density at radius 3 is 2.00 bits per heavy atom. The molecule has 2 aromatic carbocycles. The number of carbonyl (C=O) groups is 2. The first-order chi connectivity index (χ1) is 12.6. The average molecular weight is 356 g/mol. The molecule has 0 saturated carbocycles. The van der Waals surface area contributed by atoms with Crippen LogP contribution in [0.15, 0.2) is 30.3 Å². The Balaban J connectivity index is 2.40. The van der Waals surface area contributed by atoms with Crippen molar-refractivity contribution in [2.75, 3.05) is 0 Å². The maximum absolute atomic E-state index is 12.2. The fourth-order valence-corrected chi connectivity index (χ4v) is 2.82. The molecule has 0 unspecified atom stereocenters. The number of hydrogen-bond donors (Lipinski definition) is 0. The van der Waals surface area contributed by atoms with Gasteiger partial charge in [0.05, 0.1) is 0 Å². The largest absolute Gasteiger partial charge is 0.426 e. The minimum atomic E-state index is -0.230. The fourth-order valence-electron chi connectivity index (χ4n) is 2.82. The molecule has 2 aromatic rings. The van der Waals surface area contributed by atoms with Crippen LogP contribution in [-0.2, 0) is 16.0 Å². The summed E-state index contributed by atoms with van der Waals surface area (Å²) in [6.07, 6.45) is 5.00. The molecule has 0 radical (unpaired) electrons. The van der Waals surface area contributed by atoms with Crippen LogP contribution in [0.25, 0.3) is 10.8 Å². The summed E-state index contributed by atoms with van der Waals surface area (Å²) in [5.41, 5.74) is 0.867. The maximum Gasteiger partial charge on any atom is 0.311 e. The molecule has 0 bridgehead atoms. The minimum Gasteiger partial charge on any atom is -0.426 e. The Morgan fingerprint density at radius 2 is 1.42 bits per heavy atom. The van der Waals surface area contributed by atoms with E-state index in [4.69, 9.17) is 9.47 Å². The van der Waals surface area contributed by atoms with Gasteiger partial charge >= 0.3 is 11.9 Å². The van der Waals surface area contributed by atoms with Crippen molar-refractivity contribution in [2.45, 2.75) is 65.7 Å². The van der Waals surface area contributed by atoms with Crippen molar-refractivity contribution in [3.63, 3.8) is 0 Å². The quantitative estimate of drug-likeness (QED) is 0.434. The molecule has 4 heteroatoms. The molecule has 0 heterocycles. The van der Waals surface area contributed by atoms with E-state index < -0.39 is 0 Å². The summed E-state index contributed by atoms with van der Waals surface area (Å²) in [6, 6.07) is 9.41. The lowest BCUT2D eigenvalue weighted by atomic mass is 10.0. The zero-order valence-electron chi connectivity index (χ0n) is 16.0. The minimum absolute atomic E-state index is 0.223. The first-order valence-corrected chi connectivity index (χ1v) is 9.56. The number of fused-ring (bicyclic) bond motifs is 1. The smallest absolute Gasteiger partial charge is 0.311 e. The number of carbonyl (C=O) groups excluding carboxylic acids is 2. The van der Waals surface area contributed by atoms with E-state index in [0.717, 1.165) is 42.0 Å². The predicted octanol–water partition coefficient (Wildman–Crippen LogP) is 5.59. The summed E-state index contributed by atoms with van der Waals surface area (Å²) < 4.78 is 11.3. The maximum atomic E-state index is 12.2. The molecule has 0 saturated heterocycles. The van der Waals surface area contributed by atoms with Gasteiger partial charge in [0, 0.05) is 23.6 Å². The van der Waals surface area contributed by atoms with Gasteiger partial charge in [-0.15, -0.1) is 0 Å². The first-order valence-electron chi connectivity index (χ1n) is 9.56. The van der Waals surface area contributed by atoms with Crippen LogP contribution >= 0.6 is 0 Å². The van der Waals surface area contributed by atoms with E-state index >= 15 is 0 Å². The van der Waals surface area contributed by atoms with E-state index in [2.05, 4.69) is 0 Å². The molecule has 0 spiro atoms. The summed E-state index contributed by atoms with van der Waals surface area (Å²) >= 11 is 0.